The quantitative estimate of drug-likeness (QED) is 0.908. The number of aromatic nitrogens is 2. The monoisotopic (exact) mass is 293 g/mol. The number of nitrogens with zero attached hydrogens (tertiary/aromatic N) is 2. The van der Waals surface area contributed by atoms with Gasteiger partial charge in [0.1, 0.15) is 0 Å². The molecule has 2 rings (SSSR count). The van der Waals surface area contributed by atoms with Crippen LogP contribution in [0.15, 0.2) is 34.2 Å². The first-order chi connectivity index (χ1) is 9.44. The Kier molecular flexibility index (Phi) is 4.31. The van der Waals surface area contributed by atoms with Gasteiger partial charge in [0.25, 0.3) is 0 Å². The van der Waals surface area contributed by atoms with Crippen molar-refractivity contribution < 1.29 is 12.9 Å². The van der Waals surface area contributed by atoms with E-state index < -0.39 is 10.0 Å². The molecule has 1 aromatic heterocycles. The molecule has 2 aromatic rings. The van der Waals surface area contributed by atoms with Gasteiger partial charge in [0.2, 0.25) is 15.9 Å². The van der Waals surface area contributed by atoms with E-state index in [2.05, 4.69) is 14.9 Å². The van der Waals surface area contributed by atoms with Gasteiger partial charge in [-0.1, -0.05) is 35.0 Å². The summed E-state index contributed by atoms with van der Waals surface area (Å²) in [6.45, 7) is 3.61. The summed E-state index contributed by atoms with van der Waals surface area (Å²) in [5.41, 5.74) is 1.93. The lowest BCUT2D eigenvalue weighted by atomic mass is 10.2. The second kappa shape index (κ2) is 5.98. The molecule has 106 valence electrons. The number of aryl methyl sites for hydroxylation is 2. The van der Waals surface area contributed by atoms with Gasteiger partial charge in [-0.3, -0.25) is 0 Å². The first kappa shape index (κ1) is 14.4. The predicted octanol–water partition coefficient (Wildman–Crippen LogP) is 1.78. The average Bonchev–Trinajstić information content (AvgIpc) is 2.82. The zero-order chi connectivity index (χ0) is 14.6. The smallest absolute Gasteiger partial charge is 0.241 e. The molecule has 0 fully saturated rings. The maximum absolute atomic E-state index is 11.8. The molecule has 0 atom stereocenters. The van der Waals surface area contributed by atoms with Gasteiger partial charge in [-0.25, -0.2) is 13.1 Å². The van der Waals surface area contributed by atoms with Gasteiger partial charge in [0.05, 0.1) is 6.54 Å². The molecule has 0 aliphatic rings. The Morgan fingerprint density at radius 3 is 2.55 bits per heavy atom. The first-order valence-electron chi connectivity index (χ1n) is 5.98. The van der Waals surface area contributed by atoms with Crippen LogP contribution in [-0.4, -0.2) is 18.6 Å². The highest BCUT2D eigenvalue weighted by Gasteiger charge is 2.08. The van der Waals surface area contributed by atoms with Crippen molar-refractivity contribution in [3.8, 4) is 0 Å². The minimum atomic E-state index is -3.54. The van der Waals surface area contributed by atoms with Gasteiger partial charge in [-0.2, -0.15) is 4.98 Å². The minimum Gasteiger partial charge on any atom is -0.338 e. The lowest BCUT2D eigenvalue weighted by Gasteiger charge is -1.99. The van der Waals surface area contributed by atoms with Crippen LogP contribution in [0.5, 0.6) is 0 Å². The van der Waals surface area contributed by atoms with Crippen LogP contribution in [-0.2, 0) is 16.6 Å². The van der Waals surface area contributed by atoms with Crippen molar-refractivity contribution in [1.29, 1.82) is 0 Å². The summed E-state index contributed by atoms with van der Waals surface area (Å²) in [5, 5.41) is 4.69. The molecule has 0 spiro atoms. The van der Waals surface area contributed by atoms with Gasteiger partial charge in [-0.05, 0) is 25.5 Å². The predicted molar refractivity (Wildman–Crippen MR) is 75.0 cm³/mol. The molecule has 1 heterocycles. The number of benzene rings is 1. The molecule has 1 aromatic carbocycles. The van der Waals surface area contributed by atoms with Crippen molar-refractivity contribution in [3.63, 3.8) is 0 Å². The maximum Gasteiger partial charge on any atom is 0.241 e. The standard InChI is InChI=1S/C13H15N3O3S/c1-10-3-5-12(6-4-10)7-8-20(17,18)14-9-13-15-11(2)16-19-13/h3-8,14H,9H2,1-2H3/b8-7+. The number of hydrogen-bond acceptors (Lipinski definition) is 5. The Balaban J connectivity index is 1.98. The highest BCUT2D eigenvalue weighted by molar-refractivity contribution is 7.92. The number of hydrogen-bond donors (Lipinski definition) is 1. The molecule has 0 aliphatic carbocycles. The second-order valence-corrected chi connectivity index (χ2v) is 5.97. The molecule has 7 heteroatoms. The molecule has 0 radical (unpaired) electrons. The van der Waals surface area contributed by atoms with Crippen LogP contribution in [0.25, 0.3) is 6.08 Å². The summed E-state index contributed by atoms with van der Waals surface area (Å²) < 4.78 is 30.7. The van der Waals surface area contributed by atoms with Crippen molar-refractivity contribution in [2.75, 3.05) is 0 Å². The van der Waals surface area contributed by atoms with E-state index in [4.69, 9.17) is 4.52 Å². The Hall–Kier alpha value is -1.99. The zero-order valence-corrected chi connectivity index (χ0v) is 12.0. The summed E-state index contributed by atoms with van der Waals surface area (Å²) >= 11 is 0. The largest absolute Gasteiger partial charge is 0.338 e. The lowest BCUT2D eigenvalue weighted by Crippen LogP contribution is -2.20. The fourth-order valence-corrected chi connectivity index (χ4v) is 2.23. The third-order valence-corrected chi connectivity index (χ3v) is 3.55. The summed E-state index contributed by atoms with van der Waals surface area (Å²) in [5.74, 6) is 0.698. The first-order valence-corrected chi connectivity index (χ1v) is 7.53. The molecule has 20 heavy (non-hydrogen) atoms. The maximum atomic E-state index is 11.8. The average molecular weight is 293 g/mol. The number of nitrogens with one attached hydrogen (secondary N) is 1. The fourth-order valence-electron chi connectivity index (χ4n) is 1.47. The van der Waals surface area contributed by atoms with Crippen molar-refractivity contribution in [2.24, 2.45) is 0 Å². The minimum absolute atomic E-state index is 0.0264. The molecule has 0 unspecified atom stereocenters. The summed E-state index contributed by atoms with van der Waals surface area (Å²) in [6, 6.07) is 7.54. The molecule has 0 bridgehead atoms. The van der Waals surface area contributed by atoms with E-state index >= 15 is 0 Å². The van der Waals surface area contributed by atoms with Gasteiger partial charge in [-0.15, -0.1) is 0 Å². The fraction of sp³-hybridized carbons (Fsp3) is 0.231. The summed E-state index contributed by atoms with van der Waals surface area (Å²) in [4.78, 5) is 3.91. The molecule has 1 N–H and O–H groups in total. The third kappa shape index (κ3) is 4.29. The van der Waals surface area contributed by atoms with Crippen molar-refractivity contribution in [2.45, 2.75) is 20.4 Å². The molecule has 0 saturated carbocycles. The molecule has 0 amide bonds. The Bertz CT molecular complexity index is 703. The van der Waals surface area contributed by atoms with E-state index in [1.807, 2.05) is 31.2 Å². The van der Waals surface area contributed by atoms with E-state index in [1.54, 1.807) is 6.92 Å². The van der Waals surface area contributed by atoms with E-state index in [1.165, 1.54) is 6.08 Å². The second-order valence-electron chi connectivity index (χ2n) is 4.31. The Morgan fingerprint density at radius 2 is 1.95 bits per heavy atom. The highest BCUT2D eigenvalue weighted by atomic mass is 32.2. The number of sulfonamides is 1. The molecule has 0 aliphatic heterocycles. The van der Waals surface area contributed by atoms with E-state index in [-0.39, 0.29) is 12.4 Å². The molecule has 0 saturated heterocycles. The van der Waals surface area contributed by atoms with E-state index in [0.29, 0.717) is 5.82 Å². The molecule has 6 nitrogen and oxygen atoms in total. The lowest BCUT2D eigenvalue weighted by molar-refractivity contribution is 0.372. The SMILES string of the molecule is Cc1ccc(/C=C/S(=O)(=O)NCc2nc(C)no2)cc1. The third-order valence-electron chi connectivity index (χ3n) is 2.51. The Morgan fingerprint density at radius 1 is 1.25 bits per heavy atom. The zero-order valence-electron chi connectivity index (χ0n) is 11.2. The Labute approximate surface area is 117 Å². The van der Waals surface area contributed by atoms with Crippen LogP contribution in [0.1, 0.15) is 22.8 Å². The van der Waals surface area contributed by atoms with Gasteiger partial charge >= 0.3 is 0 Å². The normalized spacial score (nSPS) is 12.1. The number of rotatable bonds is 5. The van der Waals surface area contributed by atoms with Crippen LogP contribution in [0.3, 0.4) is 0 Å². The van der Waals surface area contributed by atoms with Gasteiger partial charge in [0, 0.05) is 5.41 Å². The topological polar surface area (TPSA) is 85.1 Å². The van der Waals surface area contributed by atoms with E-state index in [0.717, 1.165) is 16.5 Å². The van der Waals surface area contributed by atoms with Crippen molar-refractivity contribution in [1.82, 2.24) is 14.9 Å². The van der Waals surface area contributed by atoms with Crippen LogP contribution in [0, 0.1) is 13.8 Å². The van der Waals surface area contributed by atoms with Gasteiger partial charge in [0.15, 0.2) is 5.82 Å². The molecular weight excluding hydrogens is 278 g/mol. The highest BCUT2D eigenvalue weighted by Crippen LogP contribution is 2.06. The van der Waals surface area contributed by atoms with Crippen LogP contribution >= 0.6 is 0 Å². The summed E-state index contributed by atoms with van der Waals surface area (Å²) in [7, 11) is -3.54. The summed E-state index contributed by atoms with van der Waals surface area (Å²) in [6.07, 6.45) is 1.53. The van der Waals surface area contributed by atoms with Crippen LogP contribution in [0.2, 0.25) is 0 Å². The van der Waals surface area contributed by atoms with Crippen molar-refractivity contribution >= 4 is 16.1 Å². The van der Waals surface area contributed by atoms with Crippen LogP contribution < -0.4 is 4.72 Å². The molecular formula is C13H15N3O3S. The van der Waals surface area contributed by atoms with Crippen LogP contribution in [0.4, 0.5) is 0 Å². The van der Waals surface area contributed by atoms with E-state index in [9.17, 15) is 8.42 Å². The van der Waals surface area contributed by atoms with Crippen molar-refractivity contribution in [3.05, 3.63) is 52.5 Å². The van der Waals surface area contributed by atoms with Gasteiger partial charge < -0.3 is 4.52 Å².